The van der Waals surface area contributed by atoms with E-state index < -0.39 is 5.82 Å². The second-order valence-corrected chi connectivity index (χ2v) is 6.18. The molecule has 0 aromatic heterocycles. The molecule has 0 bridgehead atoms. The van der Waals surface area contributed by atoms with Crippen LogP contribution in [0, 0.1) is 5.82 Å². The topological polar surface area (TPSA) is 32.3 Å². The molecule has 3 rings (SSSR count). The van der Waals surface area contributed by atoms with E-state index in [4.69, 9.17) is 23.8 Å². The van der Waals surface area contributed by atoms with Crippen molar-refractivity contribution in [2.24, 2.45) is 0 Å². The summed E-state index contributed by atoms with van der Waals surface area (Å²) in [4.78, 5) is 14.2. The van der Waals surface area contributed by atoms with Crippen LogP contribution in [-0.4, -0.2) is 15.9 Å². The van der Waals surface area contributed by atoms with Gasteiger partial charge in [-0.2, -0.15) is 0 Å². The fourth-order valence-electron chi connectivity index (χ4n) is 2.57. The maximum Gasteiger partial charge on any atom is 0.277 e. The molecule has 0 aliphatic carbocycles. The third-order valence-electron chi connectivity index (χ3n) is 3.87. The van der Waals surface area contributed by atoms with Gasteiger partial charge in [-0.05, 0) is 42.9 Å². The number of nitrogens with zero attached hydrogens (tertiary/aromatic N) is 1. The van der Waals surface area contributed by atoms with Crippen molar-refractivity contribution < 1.29 is 9.18 Å². The van der Waals surface area contributed by atoms with Crippen molar-refractivity contribution in [3.8, 4) is 0 Å². The number of amides is 1. The smallest absolute Gasteiger partial charge is 0.277 e. The lowest BCUT2D eigenvalue weighted by Crippen LogP contribution is -2.33. The molecule has 1 atom stereocenters. The van der Waals surface area contributed by atoms with E-state index in [1.807, 2.05) is 37.3 Å². The minimum Gasteiger partial charge on any atom is -0.328 e. The molecule has 0 saturated carbocycles. The quantitative estimate of drug-likeness (QED) is 0.654. The van der Waals surface area contributed by atoms with Crippen LogP contribution in [0.1, 0.15) is 24.1 Å². The first-order valence-corrected chi connectivity index (χ1v) is 8.13. The van der Waals surface area contributed by atoms with Crippen LogP contribution in [-0.2, 0) is 4.79 Å². The van der Waals surface area contributed by atoms with Crippen molar-refractivity contribution in [3.63, 3.8) is 0 Å². The Bertz CT molecular complexity index is 818. The van der Waals surface area contributed by atoms with Crippen LogP contribution in [0.15, 0.2) is 54.2 Å². The maximum atomic E-state index is 13.9. The van der Waals surface area contributed by atoms with Crippen molar-refractivity contribution >= 4 is 40.9 Å². The number of carbonyl (C=O) groups is 1. The Morgan fingerprint density at radius 1 is 1.21 bits per heavy atom. The molecule has 1 unspecified atom stereocenters. The summed E-state index contributed by atoms with van der Waals surface area (Å²) in [5.74, 6) is -0.805. The summed E-state index contributed by atoms with van der Waals surface area (Å²) in [6.45, 7) is 1.89. The van der Waals surface area contributed by atoms with E-state index in [0.717, 1.165) is 5.56 Å². The van der Waals surface area contributed by atoms with E-state index in [1.54, 1.807) is 6.07 Å². The third kappa shape index (κ3) is 3.05. The lowest BCUT2D eigenvalue weighted by atomic mass is 10.1. The minimum absolute atomic E-state index is 0.159. The van der Waals surface area contributed by atoms with Crippen LogP contribution in [0.3, 0.4) is 0 Å². The largest absolute Gasteiger partial charge is 0.328 e. The molecule has 1 amide bonds. The molecule has 0 radical (unpaired) electrons. The van der Waals surface area contributed by atoms with E-state index >= 15 is 0 Å². The van der Waals surface area contributed by atoms with Gasteiger partial charge in [-0.15, -0.1) is 0 Å². The zero-order valence-electron chi connectivity index (χ0n) is 12.8. The summed E-state index contributed by atoms with van der Waals surface area (Å²) in [7, 11) is 0. The Labute approximate surface area is 149 Å². The Balaban J connectivity index is 1.94. The monoisotopic (exact) mass is 360 g/mol. The highest BCUT2D eigenvalue weighted by Gasteiger charge is 2.35. The van der Waals surface area contributed by atoms with Gasteiger partial charge in [0.15, 0.2) is 5.11 Å². The van der Waals surface area contributed by atoms with E-state index in [1.165, 1.54) is 23.1 Å². The van der Waals surface area contributed by atoms with E-state index in [-0.39, 0.29) is 33.3 Å². The van der Waals surface area contributed by atoms with Gasteiger partial charge in [0.2, 0.25) is 0 Å². The van der Waals surface area contributed by atoms with E-state index in [2.05, 4.69) is 5.32 Å². The highest BCUT2D eigenvalue weighted by atomic mass is 35.5. The first-order chi connectivity index (χ1) is 11.5. The van der Waals surface area contributed by atoms with Gasteiger partial charge in [0.05, 0.1) is 11.1 Å². The van der Waals surface area contributed by atoms with Gasteiger partial charge in [-0.3, -0.25) is 9.69 Å². The van der Waals surface area contributed by atoms with Crippen LogP contribution in [0.5, 0.6) is 0 Å². The van der Waals surface area contributed by atoms with E-state index in [9.17, 15) is 9.18 Å². The van der Waals surface area contributed by atoms with Gasteiger partial charge in [0, 0.05) is 5.56 Å². The molecule has 1 aliphatic rings. The van der Waals surface area contributed by atoms with Crippen LogP contribution >= 0.6 is 23.8 Å². The SMILES string of the molecule is CC(c1ccccc1)N1C(=O)/C(=C/c2c(F)cccc2Cl)NC1=S. The number of rotatable bonds is 3. The summed E-state index contributed by atoms with van der Waals surface area (Å²) >= 11 is 11.3. The first-order valence-electron chi connectivity index (χ1n) is 7.34. The predicted octanol–water partition coefficient (Wildman–Crippen LogP) is 4.30. The molecule has 1 aliphatic heterocycles. The molecular weight excluding hydrogens is 347 g/mol. The molecule has 3 nitrogen and oxygen atoms in total. The average molecular weight is 361 g/mol. The zero-order valence-corrected chi connectivity index (χ0v) is 14.4. The summed E-state index contributed by atoms with van der Waals surface area (Å²) in [5.41, 5.74) is 1.32. The van der Waals surface area contributed by atoms with Crippen molar-refractivity contribution in [1.82, 2.24) is 10.2 Å². The van der Waals surface area contributed by atoms with Gasteiger partial charge in [-0.1, -0.05) is 48.0 Å². The molecule has 2 aromatic rings. The Hall–Kier alpha value is -2.24. The Morgan fingerprint density at radius 3 is 2.58 bits per heavy atom. The van der Waals surface area contributed by atoms with Gasteiger partial charge in [0.1, 0.15) is 11.5 Å². The lowest BCUT2D eigenvalue weighted by molar-refractivity contribution is -0.123. The van der Waals surface area contributed by atoms with Gasteiger partial charge >= 0.3 is 0 Å². The summed E-state index contributed by atoms with van der Waals surface area (Å²) in [6.07, 6.45) is 1.39. The first kappa shape index (κ1) is 16.6. The second kappa shape index (κ2) is 6.71. The minimum atomic E-state index is -0.495. The highest BCUT2D eigenvalue weighted by Crippen LogP contribution is 2.28. The van der Waals surface area contributed by atoms with Gasteiger partial charge in [-0.25, -0.2) is 4.39 Å². The number of benzene rings is 2. The van der Waals surface area contributed by atoms with Crippen LogP contribution < -0.4 is 5.32 Å². The van der Waals surface area contributed by atoms with Crippen LogP contribution in [0.25, 0.3) is 6.08 Å². The van der Waals surface area contributed by atoms with Gasteiger partial charge < -0.3 is 5.32 Å². The Kier molecular flexibility index (Phi) is 4.64. The van der Waals surface area contributed by atoms with Crippen molar-refractivity contribution in [2.45, 2.75) is 13.0 Å². The molecule has 1 saturated heterocycles. The number of halogens is 2. The van der Waals surface area contributed by atoms with Crippen LogP contribution in [0.4, 0.5) is 4.39 Å². The number of hydrogen-bond acceptors (Lipinski definition) is 2. The fourth-order valence-corrected chi connectivity index (χ4v) is 3.14. The normalized spacial score (nSPS) is 17.3. The van der Waals surface area contributed by atoms with Gasteiger partial charge in [0.25, 0.3) is 5.91 Å². The fraction of sp³-hybridized carbons (Fsp3) is 0.111. The number of thiocarbonyl (C=S) groups is 1. The average Bonchev–Trinajstić information content (AvgIpc) is 2.85. The standard InChI is InChI=1S/C18H14ClFN2OS/c1-11(12-6-3-2-4-7-12)22-17(23)16(21-18(22)24)10-13-14(19)8-5-9-15(13)20/h2-11H,1H3,(H,21,24)/b16-10-. The van der Waals surface area contributed by atoms with Crippen molar-refractivity contribution in [2.75, 3.05) is 0 Å². The molecule has 6 heteroatoms. The molecule has 1 N–H and O–H groups in total. The van der Waals surface area contributed by atoms with E-state index in [0.29, 0.717) is 0 Å². The molecule has 1 heterocycles. The maximum absolute atomic E-state index is 13.9. The van der Waals surface area contributed by atoms with Crippen molar-refractivity contribution in [3.05, 3.63) is 76.2 Å². The predicted molar refractivity (Wildman–Crippen MR) is 96.8 cm³/mol. The summed E-state index contributed by atoms with van der Waals surface area (Å²) < 4.78 is 13.9. The number of carbonyl (C=O) groups excluding carboxylic acids is 1. The third-order valence-corrected chi connectivity index (χ3v) is 4.50. The Morgan fingerprint density at radius 2 is 1.92 bits per heavy atom. The summed E-state index contributed by atoms with van der Waals surface area (Å²) in [5, 5.41) is 3.37. The molecule has 1 fully saturated rings. The van der Waals surface area contributed by atoms with Crippen molar-refractivity contribution in [1.29, 1.82) is 0 Å². The molecule has 122 valence electrons. The molecule has 0 spiro atoms. The molecule has 2 aromatic carbocycles. The highest BCUT2D eigenvalue weighted by molar-refractivity contribution is 7.80. The number of hydrogen-bond donors (Lipinski definition) is 1. The number of nitrogens with one attached hydrogen (secondary N) is 1. The van der Waals surface area contributed by atoms with Crippen LogP contribution in [0.2, 0.25) is 5.02 Å². The molecular formula is C18H14ClFN2OS. The molecule has 24 heavy (non-hydrogen) atoms. The lowest BCUT2D eigenvalue weighted by Gasteiger charge is -2.23. The second-order valence-electron chi connectivity index (χ2n) is 5.39. The zero-order chi connectivity index (χ0) is 17.3. The summed E-state index contributed by atoms with van der Waals surface area (Å²) in [6, 6.07) is 13.7.